The zero-order valence-electron chi connectivity index (χ0n) is 8.38. The second-order valence-corrected chi connectivity index (χ2v) is 4.59. The molecule has 0 N–H and O–H groups in total. The van der Waals surface area contributed by atoms with Crippen molar-refractivity contribution in [1.29, 1.82) is 0 Å². The molecule has 0 unspecified atom stereocenters. The fourth-order valence-electron chi connectivity index (χ4n) is 1.32. The molecule has 0 bridgehead atoms. The zero-order valence-corrected chi connectivity index (χ0v) is 9.19. The van der Waals surface area contributed by atoms with E-state index in [9.17, 15) is 13.2 Å². The van der Waals surface area contributed by atoms with Crippen LogP contribution in [0.15, 0.2) is 30.5 Å². The monoisotopic (exact) mass is 243 g/mol. The summed E-state index contributed by atoms with van der Waals surface area (Å²) in [6.45, 7) is 1.87. The van der Waals surface area contributed by atoms with Gasteiger partial charge < -0.3 is 0 Å². The van der Waals surface area contributed by atoms with Crippen molar-refractivity contribution < 1.29 is 13.2 Å². The highest BCUT2D eigenvalue weighted by atomic mass is 32.1. The average molecular weight is 243 g/mol. The largest absolute Gasteiger partial charge is 0.416 e. The molecule has 0 aliphatic heterocycles. The van der Waals surface area contributed by atoms with Gasteiger partial charge in [0.05, 0.1) is 5.56 Å². The number of rotatable bonds is 1. The van der Waals surface area contributed by atoms with Gasteiger partial charge in [-0.1, -0.05) is 12.1 Å². The Morgan fingerprint density at radius 2 is 2.00 bits per heavy atom. The Kier molecular flexibility index (Phi) is 2.71. The summed E-state index contributed by atoms with van der Waals surface area (Å²) >= 11 is 1.38. The molecule has 84 valence electrons. The lowest BCUT2D eigenvalue weighted by atomic mass is 10.1. The average Bonchev–Trinajstić information content (AvgIpc) is 2.64. The number of halogens is 3. The molecule has 5 heteroatoms. The second-order valence-electron chi connectivity index (χ2n) is 3.35. The summed E-state index contributed by atoms with van der Waals surface area (Å²) in [6.07, 6.45) is -2.65. The minimum atomic E-state index is -4.30. The third kappa shape index (κ3) is 2.24. The molecule has 1 heterocycles. The van der Waals surface area contributed by atoms with Crippen LogP contribution in [0.25, 0.3) is 10.6 Å². The molecule has 0 saturated heterocycles. The van der Waals surface area contributed by atoms with Crippen LogP contribution in [0, 0.1) is 6.92 Å². The first-order valence-corrected chi connectivity index (χ1v) is 5.38. The van der Waals surface area contributed by atoms with Crippen LogP contribution in [0.3, 0.4) is 0 Å². The Labute approximate surface area is 94.6 Å². The topological polar surface area (TPSA) is 12.9 Å². The summed E-state index contributed by atoms with van der Waals surface area (Å²) in [6, 6.07) is 5.21. The zero-order chi connectivity index (χ0) is 11.8. The summed E-state index contributed by atoms with van der Waals surface area (Å²) in [7, 11) is 0. The van der Waals surface area contributed by atoms with Crippen LogP contribution >= 0.6 is 11.3 Å². The van der Waals surface area contributed by atoms with Crippen LogP contribution in [-0.2, 0) is 6.18 Å². The Hall–Kier alpha value is -1.36. The molecular weight excluding hydrogens is 235 g/mol. The van der Waals surface area contributed by atoms with Crippen molar-refractivity contribution in [2.75, 3.05) is 0 Å². The van der Waals surface area contributed by atoms with E-state index in [-0.39, 0.29) is 0 Å². The number of benzene rings is 1. The SMILES string of the molecule is Cc1cnc(-c2cccc(C(F)(F)F)c2)s1. The van der Waals surface area contributed by atoms with E-state index in [1.165, 1.54) is 17.4 Å². The molecule has 0 radical (unpaired) electrons. The van der Waals surface area contributed by atoms with E-state index in [0.29, 0.717) is 10.6 Å². The summed E-state index contributed by atoms with van der Waals surface area (Å²) < 4.78 is 37.4. The number of aryl methyl sites for hydroxylation is 1. The molecule has 0 amide bonds. The molecule has 1 aromatic carbocycles. The predicted octanol–water partition coefficient (Wildman–Crippen LogP) is 4.14. The Balaban J connectivity index is 2.44. The molecule has 0 saturated carbocycles. The molecule has 0 aliphatic rings. The van der Waals surface area contributed by atoms with Crippen molar-refractivity contribution >= 4 is 11.3 Å². The maximum atomic E-state index is 12.5. The molecule has 0 fully saturated rings. The van der Waals surface area contributed by atoms with Crippen LogP contribution in [0.2, 0.25) is 0 Å². The highest BCUT2D eigenvalue weighted by molar-refractivity contribution is 7.14. The Morgan fingerprint density at radius 3 is 2.56 bits per heavy atom. The molecule has 1 aromatic heterocycles. The fourth-order valence-corrected chi connectivity index (χ4v) is 2.08. The van der Waals surface area contributed by atoms with E-state index in [1.54, 1.807) is 12.3 Å². The van der Waals surface area contributed by atoms with Gasteiger partial charge in [-0.2, -0.15) is 13.2 Å². The van der Waals surface area contributed by atoms with E-state index in [4.69, 9.17) is 0 Å². The number of hydrogen-bond acceptors (Lipinski definition) is 2. The van der Waals surface area contributed by atoms with Crippen molar-refractivity contribution in [2.45, 2.75) is 13.1 Å². The lowest BCUT2D eigenvalue weighted by Gasteiger charge is -2.07. The van der Waals surface area contributed by atoms with Gasteiger partial charge in [0, 0.05) is 16.6 Å². The summed E-state index contributed by atoms with van der Waals surface area (Å²) in [5.74, 6) is 0. The first-order chi connectivity index (χ1) is 7.47. The molecule has 0 atom stereocenters. The van der Waals surface area contributed by atoms with Gasteiger partial charge in [0.1, 0.15) is 5.01 Å². The van der Waals surface area contributed by atoms with E-state index in [1.807, 2.05) is 6.92 Å². The lowest BCUT2D eigenvalue weighted by molar-refractivity contribution is -0.137. The maximum Gasteiger partial charge on any atom is 0.416 e. The molecule has 0 aliphatic carbocycles. The van der Waals surface area contributed by atoms with Gasteiger partial charge in [0.15, 0.2) is 0 Å². The first kappa shape index (κ1) is 11.1. The van der Waals surface area contributed by atoms with Crippen LogP contribution < -0.4 is 0 Å². The van der Waals surface area contributed by atoms with Crippen molar-refractivity contribution in [1.82, 2.24) is 4.98 Å². The molecule has 0 spiro atoms. The van der Waals surface area contributed by atoms with Crippen molar-refractivity contribution in [3.63, 3.8) is 0 Å². The summed E-state index contributed by atoms with van der Waals surface area (Å²) in [4.78, 5) is 5.04. The standard InChI is InChI=1S/C11H8F3NS/c1-7-6-15-10(16-7)8-3-2-4-9(5-8)11(12,13)14/h2-6H,1H3. The van der Waals surface area contributed by atoms with E-state index in [0.717, 1.165) is 17.0 Å². The second kappa shape index (κ2) is 3.90. The number of alkyl halides is 3. The lowest BCUT2D eigenvalue weighted by Crippen LogP contribution is -2.04. The summed E-state index contributed by atoms with van der Waals surface area (Å²) in [5.41, 5.74) is -0.134. The van der Waals surface area contributed by atoms with Gasteiger partial charge in [-0.25, -0.2) is 4.98 Å². The van der Waals surface area contributed by atoms with E-state index < -0.39 is 11.7 Å². The van der Waals surface area contributed by atoms with Crippen LogP contribution in [-0.4, -0.2) is 4.98 Å². The minimum Gasteiger partial charge on any atom is -0.244 e. The maximum absolute atomic E-state index is 12.5. The molecule has 2 aromatic rings. The number of thiazole rings is 1. The highest BCUT2D eigenvalue weighted by Gasteiger charge is 2.30. The Bertz CT molecular complexity index is 502. The van der Waals surface area contributed by atoms with Gasteiger partial charge >= 0.3 is 6.18 Å². The number of aromatic nitrogens is 1. The van der Waals surface area contributed by atoms with Gasteiger partial charge in [-0.15, -0.1) is 11.3 Å². The van der Waals surface area contributed by atoms with Gasteiger partial charge in [-0.3, -0.25) is 0 Å². The van der Waals surface area contributed by atoms with Crippen LogP contribution in [0.1, 0.15) is 10.4 Å². The third-order valence-electron chi connectivity index (χ3n) is 2.06. The summed E-state index contributed by atoms with van der Waals surface area (Å²) in [5, 5.41) is 0.614. The van der Waals surface area contributed by atoms with Gasteiger partial charge in [0.25, 0.3) is 0 Å². The third-order valence-corrected chi connectivity index (χ3v) is 3.02. The number of hydrogen-bond donors (Lipinski definition) is 0. The number of nitrogens with zero attached hydrogens (tertiary/aromatic N) is 1. The predicted molar refractivity (Wildman–Crippen MR) is 57.3 cm³/mol. The molecule has 1 nitrogen and oxygen atoms in total. The van der Waals surface area contributed by atoms with E-state index >= 15 is 0 Å². The normalized spacial score (nSPS) is 11.8. The first-order valence-electron chi connectivity index (χ1n) is 4.57. The van der Waals surface area contributed by atoms with E-state index in [2.05, 4.69) is 4.98 Å². The van der Waals surface area contributed by atoms with Crippen LogP contribution in [0.4, 0.5) is 13.2 Å². The molecule has 2 rings (SSSR count). The fraction of sp³-hybridized carbons (Fsp3) is 0.182. The molecule has 16 heavy (non-hydrogen) atoms. The van der Waals surface area contributed by atoms with Gasteiger partial charge in [0.2, 0.25) is 0 Å². The quantitative estimate of drug-likeness (QED) is 0.733. The highest BCUT2D eigenvalue weighted by Crippen LogP contribution is 2.33. The Morgan fingerprint density at radius 1 is 1.25 bits per heavy atom. The smallest absolute Gasteiger partial charge is 0.244 e. The van der Waals surface area contributed by atoms with Crippen molar-refractivity contribution in [2.24, 2.45) is 0 Å². The minimum absolute atomic E-state index is 0.507. The van der Waals surface area contributed by atoms with Crippen molar-refractivity contribution in [3.8, 4) is 10.6 Å². The van der Waals surface area contributed by atoms with Crippen molar-refractivity contribution in [3.05, 3.63) is 40.9 Å². The van der Waals surface area contributed by atoms with Crippen LogP contribution in [0.5, 0.6) is 0 Å². The van der Waals surface area contributed by atoms with Gasteiger partial charge in [-0.05, 0) is 19.1 Å². The molecular formula is C11H8F3NS.